The van der Waals surface area contributed by atoms with Gasteiger partial charge in [-0.15, -0.1) is 0 Å². The minimum absolute atomic E-state index is 0.489. The largest absolute Gasteiger partial charge is 0.359 e. The van der Waals surface area contributed by atoms with E-state index >= 15 is 0 Å². The van der Waals surface area contributed by atoms with Gasteiger partial charge in [-0.25, -0.2) is 4.98 Å². The smallest absolute Gasteiger partial charge is 0.184 e. The van der Waals surface area contributed by atoms with Gasteiger partial charge in [-0.3, -0.25) is 9.67 Å². The molecule has 5 heterocycles. The van der Waals surface area contributed by atoms with Gasteiger partial charge >= 0.3 is 0 Å². The number of rotatable bonds is 3. The molecule has 7 nitrogen and oxygen atoms in total. The van der Waals surface area contributed by atoms with Crippen LogP contribution in [0, 0.1) is 11.3 Å². The molecule has 0 amide bonds. The summed E-state index contributed by atoms with van der Waals surface area (Å²) in [4.78, 5) is 9.39. The first-order valence-electron chi connectivity index (χ1n) is 10.3. The first-order valence-corrected chi connectivity index (χ1v) is 11.1. The highest BCUT2D eigenvalue weighted by molar-refractivity contribution is 7.22. The fraction of sp³-hybridized carbons (Fsp3) is 0.364. The molecule has 3 aromatic heterocycles. The molecular formula is C22H21N7S. The predicted molar refractivity (Wildman–Crippen MR) is 118 cm³/mol. The molecule has 8 heteroatoms. The molecule has 30 heavy (non-hydrogen) atoms. The number of thiazole rings is 1. The van der Waals surface area contributed by atoms with Crippen LogP contribution in [0.1, 0.15) is 31.2 Å². The number of nitrogens with one attached hydrogen (secondary N) is 2. The van der Waals surface area contributed by atoms with E-state index in [1.165, 1.54) is 12.8 Å². The Morgan fingerprint density at radius 1 is 1.23 bits per heavy atom. The van der Waals surface area contributed by atoms with Crippen LogP contribution in [0.15, 0.2) is 30.6 Å². The molecule has 2 atom stereocenters. The van der Waals surface area contributed by atoms with Crippen molar-refractivity contribution in [1.29, 1.82) is 5.26 Å². The highest BCUT2D eigenvalue weighted by atomic mass is 32.1. The van der Waals surface area contributed by atoms with Gasteiger partial charge in [-0.05, 0) is 43.9 Å². The van der Waals surface area contributed by atoms with Crippen molar-refractivity contribution in [2.75, 3.05) is 5.32 Å². The highest BCUT2D eigenvalue weighted by Gasteiger charge is 2.33. The number of fused-ring (bicyclic) bond motifs is 4. The van der Waals surface area contributed by atoms with Crippen molar-refractivity contribution in [3.05, 3.63) is 36.2 Å². The second-order valence-corrected chi connectivity index (χ2v) is 9.41. The molecule has 1 aromatic carbocycles. The minimum Gasteiger partial charge on any atom is -0.359 e. The van der Waals surface area contributed by atoms with Crippen LogP contribution in [0.4, 0.5) is 5.13 Å². The Morgan fingerprint density at radius 3 is 2.87 bits per heavy atom. The van der Waals surface area contributed by atoms with Crippen LogP contribution in [-0.2, 0) is 7.05 Å². The van der Waals surface area contributed by atoms with Crippen LogP contribution in [0.3, 0.4) is 0 Å². The Kier molecular flexibility index (Phi) is 4.01. The van der Waals surface area contributed by atoms with Gasteiger partial charge in [0.1, 0.15) is 17.1 Å². The first kappa shape index (κ1) is 17.8. The van der Waals surface area contributed by atoms with E-state index in [1.54, 1.807) is 16.0 Å². The normalized spacial score (nSPS) is 23.1. The van der Waals surface area contributed by atoms with Gasteiger partial charge in [0.05, 0.1) is 22.2 Å². The number of nitrogens with zero attached hydrogens (tertiary/aromatic N) is 5. The summed E-state index contributed by atoms with van der Waals surface area (Å²) in [6, 6.07) is 10.0. The van der Waals surface area contributed by atoms with Crippen molar-refractivity contribution < 1.29 is 0 Å². The van der Waals surface area contributed by atoms with Gasteiger partial charge in [-0.1, -0.05) is 11.3 Å². The van der Waals surface area contributed by atoms with E-state index in [0.29, 0.717) is 23.7 Å². The molecule has 150 valence electrons. The molecule has 2 aliphatic heterocycles. The third kappa shape index (κ3) is 3.02. The third-order valence-corrected chi connectivity index (χ3v) is 7.16. The molecule has 2 fully saturated rings. The van der Waals surface area contributed by atoms with Gasteiger partial charge in [0, 0.05) is 42.3 Å². The average molecular weight is 416 g/mol. The summed E-state index contributed by atoms with van der Waals surface area (Å²) in [5, 5.41) is 23.2. The maximum atomic E-state index is 9.55. The van der Waals surface area contributed by atoms with E-state index in [9.17, 15) is 5.26 Å². The highest BCUT2D eigenvalue weighted by Crippen LogP contribution is 2.33. The Morgan fingerprint density at radius 2 is 2.07 bits per heavy atom. The van der Waals surface area contributed by atoms with Crippen molar-refractivity contribution in [2.45, 2.75) is 43.8 Å². The number of piperidine rings is 1. The summed E-state index contributed by atoms with van der Waals surface area (Å²) >= 11 is 1.68. The number of pyridine rings is 1. The van der Waals surface area contributed by atoms with Crippen LogP contribution in [0.2, 0.25) is 0 Å². The Hall–Kier alpha value is -3.02. The van der Waals surface area contributed by atoms with Crippen LogP contribution < -0.4 is 10.6 Å². The zero-order chi connectivity index (χ0) is 20.2. The van der Waals surface area contributed by atoms with Crippen LogP contribution >= 0.6 is 11.3 Å². The lowest BCUT2D eigenvalue weighted by atomic mass is 10.0. The molecule has 2 aliphatic rings. The molecule has 0 saturated carbocycles. The second kappa shape index (κ2) is 6.76. The summed E-state index contributed by atoms with van der Waals surface area (Å²) in [6.07, 6.45) is 8.68. The number of benzene rings is 1. The average Bonchev–Trinajstić information content (AvgIpc) is 3.41. The summed E-state index contributed by atoms with van der Waals surface area (Å²) in [7, 11) is 1.87. The van der Waals surface area contributed by atoms with E-state index in [1.807, 2.05) is 31.6 Å². The first-order chi connectivity index (χ1) is 14.6. The van der Waals surface area contributed by atoms with Gasteiger partial charge in [0.15, 0.2) is 5.13 Å². The predicted octanol–water partition coefficient (Wildman–Crippen LogP) is 3.81. The third-order valence-electron chi connectivity index (χ3n) is 6.21. The number of hydrogen-bond donors (Lipinski definition) is 2. The fourth-order valence-corrected chi connectivity index (χ4v) is 5.84. The molecule has 0 spiro atoms. The summed E-state index contributed by atoms with van der Waals surface area (Å²) < 4.78 is 2.84. The zero-order valence-corrected chi connectivity index (χ0v) is 17.4. The summed E-state index contributed by atoms with van der Waals surface area (Å²) in [6.45, 7) is 0. The maximum absolute atomic E-state index is 9.55. The van der Waals surface area contributed by atoms with Crippen molar-refractivity contribution in [2.24, 2.45) is 7.05 Å². The molecule has 4 aromatic rings. The topological polar surface area (TPSA) is 91.5 Å². The summed E-state index contributed by atoms with van der Waals surface area (Å²) in [5.41, 5.74) is 3.97. The summed E-state index contributed by atoms with van der Waals surface area (Å²) in [5.74, 6) is 0. The van der Waals surface area contributed by atoms with E-state index in [-0.39, 0.29) is 0 Å². The van der Waals surface area contributed by atoms with Gasteiger partial charge in [0.25, 0.3) is 0 Å². The minimum atomic E-state index is 0.489. The van der Waals surface area contributed by atoms with Crippen molar-refractivity contribution >= 4 is 37.6 Å². The Bertz CT molecular complexity index is 1300. The number of nitriles is 1. The van der Waals surface area contributed by atoms with E-state index in [2.05, 4.69) is 32.9 Å². The lowest BCUT2D eigenvalue weighted by molar-refractivity contribution is 0.378. The number of anilines is 1. The molecule has 2 bridgehead atoms. The lowest BCUT2D eigenvalue weighted by Gasteiger charge is -2.29. The second-order valence-electron chi connectivity index (χ2n) is 8.38. The van der Waals surface area contributed by atoms with E-state index in [0.717, 1.165) is 50.4 Å². The monoisotopic (exact) mass is 415 g/mol. The lowest BCUT2D eigenvalue weighted by Crippen LogP contribution is -2.43. The molecule has 0 aliphatic carbocycles. The standard InChI is InChI=1S/C22H21N7S/c1-29-11-14-5-12(4-13(9-23)21(14)28-29)18-8-20-19(10-24-18)27-22(30-20)26-17-6-15-2-3-16(7-17)25-15/h4-5,8,10-11,15-17,25H,2-3,6-7H2,1H3,(H,26,27). The number of hydrogen-bond acceptors (Lipinski definition) is 7. The van der Waals surface area contributed by atoms with Crippen molar-refractivity contribution in [3.8, 4) is 17.3 Å². The van der Waals surface area contributed by atoms with Crippen molar-refractivity contribution in [3.63, 3.8) is 0 Å². The molecule has 0 radical (unpaired) electrons. The molecular weight excluding hydrogens is 394 g/mol. The number of aromatic nitrogens is 4. The van der Waals surface area contributed by atoms with E-state index < -0.39 is 0 Å². The molecule has 2 unspecified atom stereocenters. The SMILES string of the molecule is Cn1cc2cc(-c3cc4sc(NC5CC6CCC(C5)N6)nc4cn3)cc(C#N)c2n1. The van der Waals surface area contributed by atoms with Crippen molar-refractivity contribution in [1.82, 2.24) is 25.1 Å². The fourth-order valence-electron chi connectivity index (χ4n) is 4.89. The van der Waals surface area contributed by atoms with Gasteiger partial charge in [0.2, 0.25) is 0 Å². The Balaban J connectivity index is 1.32. The van der Waals surface area contributed by atoms with Gasteiger partial charge < -0.3 is 10.6 Å². The van der Waals surface area contributed by atoms with E-state index in [4.69, 9.17) is 4.98 Å². The zero-order valence-electron chi connectivity index (χ0n) is 16.6. The molecule has 2 saturated heterocycles. The van der Waals surface area contributed by atoms with Gasteiger partial charge in [-0.2, -0.15) is 10.4 Å². The maximum Gasteiger partial charge on any atom is 0.184 e. The number of aryl methyl sites for hydroxylation is 1. The quantitative estimate of drug-likeness (QED) is 0.529. The molecule has 6 rings (SSSR count). The molecule has 2 N–H and O–H groups in total. The Labute approximate surface area is 177 Å². The van der Waals surface area contributed by atoms with Crippen LogP contribution in [0.25, 0.3) is 32.4 Å². The van der Waals surface area contributed by atoms with Crippen LogP contribution in [-0.4, -0.2) is 37.9 Å². The van der Waals surface area contributed by atoms with Crippen LogP contribution in [0.5, 0.6) is 0 Å².